The number of aromatic nitrogens is 4. The first-order chi connectivity index (χ1) is 17.6. The third kappa shape index (κ3) is 8.91. The van der Waals surface area contributed by atoms with Gasteiger partial charge in [-0.2, -0.15) is 0 Å². The van der Waals surface area contributed by atoms with Gasteiger partial charge in [0.1, 0.15) is 18.5 Å². The summed E-state index contributed by atoms with van der Waals surface area (Å²) in [4.78, 5) is 48.0. The van der Waals surface area contributed by atoms with E-state index in [1.54, 1.807) is 31.4 Å². The van der Waals surface area contributed by atoms with Gasteiger partial charge in [0.05, 0.1) is 12.7 Å². The standard InChI is InChI=1S/C25H30N6O6/c1-25(2,3)37-23(34)26-11-9-17(13-19(32)33)10-12-31-16-29-20-21(27-15-28-22(20)31)30-24(35)36-14-18-7-5-4-6-8-18/h4-8,10,15-16H,9,11-14H2,1-3H3,(H,26,34)(H,32,33)(H,27,28,30,35)/b17-10-. The number of imidazole rings is 1. The number of nitrogens with one attached hydrogen (secondary N) is 2. The second-order valence-electron chi connectivity index (χ2n) is 9.09. The Bertz CT molecular complexity index is 1270. The van der Waals surface area contributed by atoms with Crippen molar-refractivity contribution in [1.82, 2.24) is 24.8 Å². The van der Waals surface area contributed by atoms with Crippen molar-refractivity contribution in [2.45, 2.75) is 52.4 Å². The third-order valence-corrected chi connectivity index (χ3v) is 4.90. The van der Waals surface area contributed by atoms with E-state index in [2.05, 4.69) is 25.6 Å². The minimum Gasteiger partial charge on any atom is -0.481 e. The van der Waals surface area contributed by atoms with Gasteiger partial charge in [0.25, 0.3) is 0 Å². The largest absolute Gasteiger partial charge is 0.481 e. The smallest absolute Gasteiger partial charge is 0.413 e. The van der Waals surface area contributed by atoms with Crippen LogP contribution in [0.15, 0.2) is 54.6 Å². The van der Waals surface area contributed by atoms with Crippen LogP contribution in [0.5, 0.6) is 0 Å². The average molecular weight is 511 g/mol. The molecule has 3 rings (SSSR count). The van der Waals surface area contributed by atoms with Crippen molar-refractivity contribution >= 4 is 35.1 Å². The Labute approximate surface area is 213 Å². The molecule has 1 aromatic carbocycles. The number of hydrogen-bond acceptors (Lipinski definition) is 8. The second kappa shape index (κ2) is 12.5. The molecule has 0 aliphatic rings. The molecule has 3 N–H and O–H groups in total. The van der Waals surface area contributed by atoms with Crippen LogP contribution in [0.2, 0.25) is 0 Å². The molecular weight excluding hydrogens is 480 g/mol. The normalized spacial score (nSPS) is 11.7. The molecule has 0 aliphatic carbocycles. The van der Waals surface area contributed by atoms with Crippen LogP contribution in [-0.4, -0.2) is 54.9 Å². The molecular formula is C25H30N6O6. The number of amides is 2. The lowest BCUT2D eigenvalue weighted by Gasteiger charge is -2.19. The highest BCUT2D eigenvalue weighted by Gasteiger charge is 2.16. The van der Waals surface area contributed by atoms with Gasteiger partial charge < -0.3 is 24.5 Å². The fraction of sp³-hybridized carbons (Fsp3) is 0.360. The summed E-state index contributed by atoms with van der Waals surface area (Å²) in [6, 6.07) is 9.27. The molecule has 0 radical (unpaired) electrons. The Hall–Kier alpha value is -4.48. The van der Waals surface area contributed by atoms with Gasteiger partial charge in [0.2, 0.25) is 0 Å². The number of aliphatic carboxylic acids is 1. The number of allylic oxidation sites excluding steroid dienone is 1. The Balaban J connectivity index is 1.63. The lowest BCUT2D eigenvalue weighted by Crippen LogP contribution is -2.33. The molecule has 2 aromatic heterocycles. The molecule has 2 amide bonds. The number of alkyl carbamates (subject to hydrolysis) is 1. The molecule has 0 fully saturated rings. The van der Waals surface area contributed by atoms with Gasteiger partial charge in [-0.1, -0.05) is 42.0 Å². The van der Waals surface area contributed by atoms with E-state index in [-0.39, 0.29) is 31.9 Å². The van der Waals surface area contributed by atoms with E-state index < -0.39 is 23.8 Å². The topological polar surface area (TPSA) is 158 Å². The maximum atomic E-state index is 12.2. The number of benzene rings is 1. The molecule has 0 atom stereocenters. The summed E-state index contributed by atoms with van der Waals surface area (Å²) in [7, 11) is 0. The van der Waals surface area contributed by atoms with E-state index in [0.717, 1.165) is 5.56 Å². The molecule has 12 nitrogen and oxygen atoms in total. The van der Waals surface area contributed by atoms with E-state index in [9.17, 15) is 19.5 Å². The van der Waals surface area contributed by atoms with Crippen molar-refractivity contribution in [3.05, 3.63) is 60.2 Å². The number of fused-ring (bicyclic) bond motifs is 1. The van der Waals surface area contributed by atoms with E-state index in [1.807, 2.05) is 30.3 Å². The minimum atomic E-state index is -0.984. The number of ether oxygens (including phenoxy) is 2. The average Bonchev–Trinajstić information content (AvgIpc) is 3.24. The Morgan fingerprint density at radius 2 is 1.84 bits per heavy atom. The number of hydrogen-bond donors (Lipinski definition) is 3. The highest BCUT2D eigenvalue weighted by molar-refractivity contribution is 5.93. The summed E-state index contributed by atoms with van der Waals surface area (Å²) in [5.41, 5.74) is 1.65. The Kier molecular flexibility index (Phi) is 9.14. The van der Waals surface area contributed by atoms with Crippen LogP contribution in [0.4, 0.5) is 15.4 Å². The number of carboxylic acid groups (broad SMARTS) is 1. The first kappa shape index (κ1) is 27.1. The van der Waals surface area contributed by atoms with Crippen LogP contribution in [0, 0.1) is 0 Å². The third-order valence-electron chi connectivity index (χ3n) is 4.90. The van der Waals surface area contributed by atoms with Gasteiger partial charge in [-0.3, -0.25) is 10.1 Å². The first-order valence-corrected chi connectivity index (χ1v) is 11.6. The van der Waals surface area contributed by atoms with Crippen molar-refractivity contribution in [3.63, 3.8) is 0 Å². The van der Waals surface area contributed by atoms with Gasteiger partial charge in [-0.05, 0) is 32.8 Å². The quantitative estimate of drug-likeness (QED) is 0.344. The van der Waals surface area contributed by atoms with Crippen LogP contribution in [0.25, 0.3) is 11.2 Å². The monoisotopic (exact) mass is 510 g/mol. The molecule has 0 spiro atoms. The van der Waals surface area contributed by atoms with Crippen molar-refractivity contribution in [1.29, 1.82) is 0 Å². The van der Waals surface area contributed by atoms with Gasteiger partial charge in [-0.15, -0.1) is 0 Å². The van der Waals surface area contributed by atoms with Crippen molar-refractivity contribution in [3.8, 4) is 0 Å². The summed E-state index contributed by atoms with van der Waals surface area (Å²) in [6.07, 6.45) is 3.45. The van der Waals surface area contributed by atoms with Gasteiger partial charge >= 0.3 is 18.2 Å². The van der Waals surface area contributed by atoms with Crippen LogP contribution < -0.4 is 10.6 Å². The van der Waals surface area contributed by atoms with E-state index in [4.69, 9.17) is 9.47 Å². The van der Waals surface area contributed by atoms with Crippen LogP contribution in [-0.2, 0) is 27.4 Å². The molecule has 0 aliphatic heterocycles. The summed E-state index contributed by atoms with van der Waals surface area (Å²) in [5, 5.41) is 14.5. The Morgan fingerprint density at radius 1 is 1.08 bits per heavy atom. The maximum Gasteiger partial charge on any atom is 0.413 e. The summed E-state index contributed by atoms with van der Waals surface area (Å²) < 4.78 is 12.1. The lowest BCUT2D eigenvalue weighted by molar-refractivity contribution is -0.136. The zero-order valence-corrected chi connectivity index (χ0v) is 20.9. The number of carbonyl (C=O) groups excluding carboxylic acids is 2. The number of nitrogens with zero attached hydrogens (tertiary/aromatic N) is 4. The molecule has 196 valence electrons. The van der Waals surface area contributed by atoms with Crippen molar-refractivity contribution < 1.29 is 29.0 Å². The highest BCUT2D eigenvalue weighted by Crippen LogP contribution is 2.18. The molecule has 3 aromatic rings. The van der Waals surface area contributed by atoms with Crippen molar-refractivity contribution in [2.75, 3.05) is 11.9 Å². The summed E-state index contributed by atoms with van der Waals surface area (Å²) in [5.74, 6) is -0.792. The summed E-state index contributed by atoms with van der Waals surface area (Å²) >= 11 is 0. The molecule has 0 saturated carbocycles. The zero-order chi connectivity index (χ0) is 26.8. The number of carbonyl (C=O) groups is 3. The first-order valence-electron chi connectivity index (χ1n) is 11.6. The predicted octanol–water partition coefficient (Wildman–Crippen LogP) is 3.89. The molecule has 2 heterocycles. The van der Waals surface area contributed by atoms with Crippen LogP contribution >= 0.6 is 0 Å². The minimum absolute atomic E-state index is 0.106. The van der Waals surface area contributed by atoms with Gasteiger partial charge in [-0.25, -0.2) is 24.5 Å². The van der Waals surface area contributed by atoms with Gasteiger partial charge in [0, 0.05) is 13.1 Å². The van der Waals surface area contributed by atoms with E-state index in [1.165, 1.54) is 12.7 Å². The van der Waals surface area contributed by atoms with Crippen LogP contribution in [0.3, 0.4) is 0 Å². The van der Waals surface area contributed by atoms with E-state index in [0.29, 0.717) is 23.2 Å². The number of rotatable bonds is 10. The summed E-state index contributed by atoms with van der Waals surface area (Å²) in [6.45, 7) is 5.89. The molecule has 12 heteroatoms. The molecule has 0 unspecified atom stereocenters. The second-order valence-corrected chi connectivity index (χ2v) is 9.09. The number of carboxylic acids is 1. The van der Waals surface area contributed by atoms with Crippen LogP contribution in [0.1, 0.15) is 39.2 Å². The predicted molar refractivity (Wildman–Crippen MR) is 135 cm³/mol. The number of anilines is 1. The van der Waals surface area contributed by atoms with Crippen molar-refractivity contribution in [2.24, 2.45) is 0 Å². The zero-order valence-electron chi connectivity index (χ0n) is 20.9. The molecule has 37 heavy (non-hydrogen) atoms. The fourth-order valence-corrected chi connectivity index (χ4v) is 3.29. The fourth-order valence-electron chi connectivity index (χ4n) is 3.29. The highest BCUT2D eigenvalue weighted by atomic mass is 16.6. The maximum absolute atomic E-state index is 12.2. The molecule has 0 saturated heterocycles. The Morgan fingerprint density at radius 3 is 2.54 bits per heavy atom. The lowest BCUT2D eigenvalue weighted by atomic mass is 10.1. The van der Waals surface area contributed by atoms with E-state index >= 15 is 0 Å². The molecule has 0 bridgehead atoms. The van der Waals surface area contributed by atoms with Gasteiger partial charge in [0.15, 0.2) is 17.0 Å². The SMILES string of the molecule is CC(C)(C)OC(=O)NCC/C(=C/Cn1cnc2c(NC(=O)OCc3ccccc3)ncnc21)CC(=O)O.